The Labute approximate surface area is 135 Å². The number of hydrogen-bond acceptors (Lipinski definition) is 4. The van der Waals surface area contributed by atoms with Gasteiger partial charge in [0.1, 0.15) is 11.8 Å². The molecule has 2 unspecified atom stereocenters. The molecular weight excluding hydrogens is 313 g/mol. The van der Waals surface area contributed by atoms with Crippen molar-refractivity contribution in [2.45, 2.75) is 50.9 Å². The number of carbonyl (C=O) groups is 2. The molecule has 7 heteroatoms. The van der Waals surface area contributed by atoms with Crippen LogP contribution in [0.2, 0.25) is 0 Å². The Bertz CT molecular complexity index is 463. The number of ether oxygens (including phenoxy) is 2. The van der Waals surface area contributed by atoms with Crippen LogP contribution >= 0.6 is 11.6 Å². The summed E-state index contributed by atoms with van der Waals surface area (Å²) in [6, 6.07) is 0. The molecule has 0 bridgehead atoms. The van der Waals surface area contributed by atoms with E-state index in [1.807, 2.05) is 0 Å². The summed E-state index contributed by atoms with van der Waals surface area (Å²) in [6.07, 6.45) is -2.20. The molecule has 1 rings (SSSR count). The molecule has 2 atom stereocenters. The van der Waals surface area contributed by atoms with Gasteiger partial charge in [-0.2, -0.15) is 0 Å². The highest BCUT2D eigenvalue weighted by atomic mass is 35.5. The fraction of sp³-hybridized carbons (Fsp3) is 0.733. The largest absolute Gasteiger partial charge is 0.467 e. The van der Waals surface area contributed by atoms with Crippen molar-refractivity contribution in [2.24, 2.45) is 0 Å². The summed E-state index contributed by atoms with van der Waals surface area (Å²) in [5.74, 6) is -0.581. The van der Waals surface area contributed by atoms with Gasteiger partial charge in [0.05, 0.1) is 13.7 Å². The van der Waals surface area contributed by atoms with Crippen molar-refractivity contribution < 1.29 is 23.5 Å². The van der Waals surface area contributed by atoms with E-state index in [1.54, 1.807) is 20.8 Å². The van der Waals surface area contributed by atoms with E-state index < -0.39 is 29.4 Å². The van der Waals surface area contributed by atoms with E-state index in [-0.39, 0.29) is 25.3 Å². The van der Waals surface area contributed by atoms with Gasteiger partial charge in [0.15, 0.2) is 5.54 Å². The Morgan fingerprint density at radius 3 is 2.50 bits per heavy atom. The third-order valence-corrected chi connectivity index (χ3v) is 3.75. The Morgan fingerprint density at radius 2 is 2.05 bits per heavy atom. The van der Waals surface area contributed by atoms with E-state index in [0.29, 0.717) is 5.57 Å². The summed E-state index contributed by atoms with van der Waals surface area (Å²) in [5, 5.41) is 0. The number of alkyl halides is 2. The molecule has 0 aromatic heterocycles. The fourth-order valence-electron chi connectivity index (χ4n) is 2.56. The maximum atomic E-state index is 14.0. The fourth-order valence-corrected chi connectivity index (χ4v) is 2.66. The minimum atomic E-state index is -1.46. The second-order valence-corrected chi connectivity index (χ2v) is 6.74. The predicted molar refractivity (Wildman–Crippen MR) is 81.7 cm³/mol. The Kier molecular flexibility index (Phi) is 5.84. The van der Waals surface area contributed by atoms with Crippen molar-refractivity contribution in [1.29, 1.82) is 0 Å². The topological polar surface area (TPSA) is 55.8 Å². The van der Waals surface area contributed by atoms with Crippen molar-refractivity contribution in [3.05, 3.63) is 12.2 Å². The van der Waals surface area contributed by atoms with E-state index in [1.165, 1.54) is 7.11 Å². The van der Waals surface area contributed by atoms with Crippen LogP contribution in [0.3, 0.4) is 0 Å². The molecule has 0 radical (unpaired) electrons. The van der Waals surface area contributed by atoms with Gasteiger partial charge in [-0.05, 0) is 20.8 Å². The lowest BCUT2D eigenvalue weighted by atomic mass is 9.88. The van der Waals surface area contributed by atoms with Crippen LogP contribution < -0.4 is 0 Å². The average molecular weight is 336 g/mol. The van der Waals surface area contributed by atoms with Crippen molar-refractivity contribution in [3.8, 4) is 0 Å². The summed E-state index contributed by atoms with van der Waals surface area (Å²) in [4.78, 5) is 25.8. The summed E-state index contributed by atoms with van der Waals surface area (Å²) in [7, 11) is 1.20. The van der Waals surface area contributed by atoms with Gasteiger partial charge in [0.2, 0.25) is 0 Å². The molecule has 126 valence electrons. The third kappa shape index (κ3) is 4.12. The number of halogens is 2. The molecule has 0 aliphatic carbocycles. The second kappa shape index (κ2) is 6.86. The molecule has 22 heavy (non-hydrogen) atoms. The van der Waals surface area contributed by atoms with E-state index >= 15 is 0 Å². The standard InChI is InChI=1S/C15H23ClFNO4/c1-10(8-16)6-15(12(19)21-5)7-11(17)9-18(15)13(20)22-14(2,3)4/h11H,1,6-9H2,2-5H3. The van der Waals surface area contributed by atoms with Crippen LogP contribution in [-0.4, -0.2) is 53.8 Å². The molecule has 0 aromatic rings. The lowest BCUT2D eigenvalue weighted by Crippen LogP contribution is -2.55. The number of likely N-dealkylation sites (tertiary alicyclic amines) is 1. The van der Waals surface area contributed by atoms with Crippen LogP contribution in [0.4, 0.5) is 9.18 Å². The monoisotopic (exact) mass is 335 g/mol. The van der Waals surface area contributed by atoms with Gasteiger partial charge in [0.25, 0.3) is 0 Å². The Balaban J connectivity index is 3.17. The lowest BCUT2D eigenvalue weighted by molar-refractivity contribution is -0.153. The smallest absolute Gasteiger partial charge is 0.411 e. The van der Waals surface area contributed by atoms with Crippen LogP contribution in [0.1, 0.15) is 33.6 Å². The van der Waals surface area contributed by atoms with Gasteiger partial charge in [-0.3, -0.25) is 4.90 Å². The summed E-state index contributed by atoms with van der Waals surface area (Å²) in [5.41, 5.74) is -1.69. The molecular formula is C15H23ClFNO4. The van der Waals surface area contributed by atoms with Gasteiger partial charge in [-0.25, -0.2) is 14.0 Å². The molecule has 5 nitrogen and oxygen atoms in total. The van der Waals surface area contributed by atoms with Crippen molar-refractivity contribution in [3.63, 3.8) is 0 Å². The molecule has 1 heterocycles. The highest BCUT2D eigenvalue weighted by Crippen LogP contribution is 2.38. The number of esters is 1. The van der Waals surface area contributed by atoms with Crippen LogP contribution in [-0.2, 0) is 14.3 Å². The number of hydrogen-bond donors (Lipinski definition) is 0. The van der Waals surface area contributed by atoms with E-state index in [9.17, 15) is 14.0 Å². The van der Waals surface area contributed by atoms with Crippen molar-refractivity contribution in [2.75, 3.05) is 19.5 Å². The number of amides is 1. The van der Waals surface area contributed by atoms with Crippen LogP contribution in [0.25, 0.3) is 0 Å². The molecule has 0 aromatic carbocycles. The molecule has 0 spiro atoms. The van der Waals surface area contributed by atoms with Crippen molar-refractivity contribution in [1.82, 2.24) is 4.90 Å². The first-order valence-electron chi connectivity index (χ1n) is 7.01. The zero-order valence-corrected chi connectivity index (χ0v) is 14.2. The number of carbonyl (C=O) groups excluding carboxylic acids is 2. The number of rotatable bonds is 4. The van der Waals surface area contributed by atoms with Gasteiger partial charge >= 0.3 is 12.1 Å². The Morgan fingerprint density at radius 1 is 1.45 bits per heavy atom. The van der Waals surface area contributed by atoms with Gasteiger partial charge in [-0.1, -0.05) is 12.2 Å². The van der Waals surface area contributed by atoms with E-state index in [4.69, 9.17) is 21.1 Å². The lowest BCUT2D eigenvalue weighted by Gasteiger charge is -2.36. The SMILES string of the molecule is C=C(CCl)CC1(C(=O)OC)CC(F)CN1C(=O)OC(C)(C)C. The number of nitrogens with zero attached hydrogens (tertiary/aromatic N) is 1. The van der Waals surface area contributed by atoms with Gasteiger partial charge in [0, 0.05) is 18.7 Å². The molecule has 1 amide bonds. The van der Waals surface area contributed by atoms with Crippen molar-refractivity contribution >= 4 is 23.7 Å². The molecule has 1 aliphatic rings. The maximum Gasteiger partial charge on any atom is 0.411 e. The predicted octanol–water partition coefficient (Wildman–Crippen LogP) is 3.06. The first-order chi connectivity index (χ1) is 10.1. The van der Waals surface area contributed by atoms with Gasteiger partial charge in [-0.15, -0.1) is 11.6 Å². The number of methoxy groups -OCH3 is 1. The Hall–Kier alpha value is -1.30. The molecule has 1 saturated heterocycles. The molecule has 0 saturated carbocycles. The normalized spacial score (nSPS) is 25.0. The summed E-state index contributed by atoms with van der Waals surface area (Å²) < 4.78 is 24.1. The second-order valence-electron chi connectivity index (χ2n) is 6.48. The maximum absolute atomic E-state index is 14.0. The molecule has 1 aliphatic heterocycles. The average Bonchev–Trinajstić information content (AvgIpc) is 2.73. The first kappa shape index (κ1) is 18.7. The summed E-state index contributed by atoms with van der Waals surface area (Å²) in [6.45, 7) is 8.63. The molecule has 0 N–H and O–H groups in total. The highest BCUT2D eigenvalue weighted by molar-refractivity contribution is 6.19. The highest BCUT2D eigenvalue weighted by Gasteiger charge is 2.55. The molecule has 1 fully saturated rings. The van der Waals surface area contributed by atoms with Crippen LogP contribution in [0.15, 0.2) is 12.2 Å². The quantitative estimate of drug-likeness (QED) is 0.450. The first-order valence-corrected chi connectivity index (χ1v) is 7.55. The van der Waals surface area contributed by atoms with E-state index in [2.05, 4.69) is 6.58 Å². The van der Waals surface area contributed by atoms with E-state index in [0.717, 1.165) is 4.90 Å². The minimum absolute atomic E-state index is 0.0445. The zero-order valence-electron chi connectivity index (χ0n) is 13.4. The zero-order chi connectivity index (χ0) is 17.1. The summed E-state index contributed by atoms with van der Waals surface area (Å²) >= 11 is 5.73. The van der Waals surface area contributed by atoms with Gasteiger partial charge < -0.3 is 9.47 Å². The van der Waals surface area contributed by atoms with Crippen LogP contribution in [0, 0.1) is 0 Å². The minimum Gasteiger partial charge on any atom is -0.467 e. The van der Waals surface area contributed by atoms with Crippen LogP contribution in [0.5, 0.6) is 0 Å². The third-order valence-electron chi connectivity index (χ3n) is 3.37.